The molecule has 1 amide bonds. The van der Waals surface area contributed by atoms with Crippen LogP contribution in [0.15, 0.2) is 24.3 Å². The van der Waals surface area contributed by atoms with Crippen LogP contribution in [-0.2, 0) is 22.4 Å². The molecule has 3 N–H and O–H groups in total. The number of carbonyl (C=O) groups excluding carboxylic acids is 1. The van der Waals surface area contributed by atoms with Crippen molar-refractivity contribution in [3.8, 4) is 0 Å². The zero-order valence-corrected chi connectivity index (χ0v) is 11.8. The summed E-state index contributed by atoms with van der Waals surface area (Å²) in [5.41, 5.74) is 2.26. The molecule has 0 aromatic heterocycles. The van der Waals surface area contributed by atoms with Crippen LogP contribution in [0.3, 0.4) is 0 Å². The van der Waals surface area contributed by atoms with E-state index >= 15 is 0 Å². The van der Waals surface area contributed by atoms with Crippen LogP contribution in [0.5, 0.6) is 0 Å². The van der Waals surface area contributed by atoms with Crippen molar-refractivity contribution in [1.29, 1.82) is 0 Å². The molecule has 1 aromatic carbocycles. The van der Waals surface area contributed by atoms with E-state index in [1.165, 1.54) is 12.5 Å². The summed E-state index contributed by atoms with van der Waals surface area (Å²) < 4.78 is 0. The maximum Gasteiger partial charge on any atom is 0.328 e. The molecule has 0 heterocycles. The van der Waals surface area contributed by atoms with E-state index in [9.17, 15) is 14.7 Å². The third-order valence-electron chi connectivity index (χ3n) is 3.14. The summed E-state index contributed by atoms with van der Waals surface area (Å²) in [7, 11) is 0. The molecule has 0 radical (unpaired) electrons. The zero-order chi connectivity index (χ0) is 15.1. The van der Waals surface area contributed by atoms with Crippen molar-refractivity contribution in [3.05, 3.63) is 35.4 Å². The van der Waals surface area contributed by atoms with E-state index in [-0.39, 0.29) is 12.3 Å². The lowest BCUT2D eigenvalue weighted by atomic mass is 10.1. The molecule has 0 aliphatic carbocycles. The average Bonchev–Trinajstić information content (AvgIpc) is 2.42. The number of carboxylic acids is 1. The van der Waals surface area contributed by atoms with Crippen molar-refractivity contribution in [3.63, 3.8) is 0 Å². The Morgan fingerprint density at radius 1 is 1.20 bits per heavy atom. The summed E-state index contributed by atoms with van der Waals surface area (Å²) in [6.07, 6.45) is 0.583. The number of amides is 1. The van der Waals surface area contributed by atoms with Gasteiger partial charge in [0.05, 0.1) is 6.10 Å². The maximum absolute atomic E-state index is 11.7. The predicted molar refractivity (Wildman–Crippen MR) is 75.4 cm³/mol. The van der Waals surface area contributed by atoms with Crippen molar-refractivity contribution in [2.75, 3.05) is 0 Å². The standard InChI is InChI=1S/C15H21NO4/c1-3-11-4-6-12(7-5-11)8-9-13(18)16-14(10(2)17)15(19)20/h4-7,10,14,17H,3,8-9H2,1-2H3,(H,16,18)(H,19,20). The van der Waals surface area contributed by atoms with Gasteiger partial charge >= 0.3 is 5.97 Å². The van der Waals surface area contributed by atoms with Gasteiger partial charge in [-0.05, 0) is 30.9 Å². The van der Waals surface area contributed by atoms with Crippen molar-refractivity contribution < 1.29 is 19.8 Å². The van der Waals surface area contributed by atoms with Crippen LogP contribution >= 0.6 is 0 Å². The van der Waals surface area contributed by atoms with Gasteiger partial charge in [-0.3, -0.25) is 4.79 Å². The predicted octanol–water partition coefficient (Wildman–Crippen LogP) is 1.13. The summed E-state index contributed by atoms with van der Waals surface area (Å²) in [5, 5.41) is 20.5. The first-order chi connectivity index (χ1) is 9.43. The summed E-state index contributed by atoms with van der Waals surface area (Å²) in [5.74, 6) is -1.61. The molecule has 0 saturated heterocycles. The fourth-order valence-corrected chi connectivity index (χ4v) is 1.83. The third kappa shape index (κ3) is 5.01. The molecule has 0 fully saturated rings. The first kappa shape index (κ1) is 16.2. The number of hydrogen-bond acceptors (Lipinski definition) is 3. The molecule has 0 spiro atoms. The molecule has 2 unspecified atom stereocenters. The normalized spacial score (nSPS) is 13.6. The van der Waals surface area contributed by atoms with Gasteiger partial charge < -0.3 is 15.5 Å². The van der Waals surface area contributed by atoms with Crippen molar-refractivity contribution in [1.82, 2.24) is 5.32 Å². The molecule has 0 saturated carbocycles. The second-order valence-corrected chi connectivity index (χ2v) is 4.79. The topological polar surface area (TPSA) is 86.6 Å². The van der Waals surface area contributed by atoms with E-state index in [1.54, 1.807) is 0 Å². The Bertz CT molecular complexity index is 453. The Labute approximate surface area is 118 Å². The van der Waals surface area contributed by atoms with E-state index in [2.05, 4.69) is 12.2 Å². The van der Waals surface area contributed by atoms with Crippen LogP contribution in [0.1, 0.15) is 31.4 Å². The van der Waals surface area contributed by atoms with Crippen LogP contribution in [0.2, 0.25) is 0 Å². The van der Waals surface area contributed by atoms with Crippen LogP contribution in [-0.4, -0.2) is 34.2 Å². The highest BCUT2D eigenvalue weighted by molar-refractivity contribution is 5.84. The van der Waals surface area contributed by atoms with E-state index in [0.29, 0.717) is 6.42 Å². The third-order valence-corrected chi connectivity index (χ3v) is 3.14. The smallest absolute Gasteiger partial charge is 0.328 e. The van der Waals surface area contributed by atoms with Crippen LogP contribution < -0.4 is 5.32 Å². The molecule has 1 aromatic rings. The zero-order valence-electron chi connectivity index (χ0n) is 11.8. The molecule has 1 rings (SSSR count). The van der Waals surface area contributed by atoms with Gasteiger partial charge in [0, 0.05) is 6.42 Å². The second-order valence-electron chi connectivity index (χ2n) is 4.79. The molecule has 0 bridgehead atoms. The maximum atomic E-state index is 11.7. The Balaban J connectivity index is 2.47. The number of benzene rings is 1. The highest BCUT2D eigenvalue weighted by atomic mass is 16.4. The summed E-state index contributed by atoms with van der Waals surface area (Å²) in [6.45, 7) is 3.41. The molecule has 110 valence electrons. The SMILES string of the molecule is CCc1ccc(CCC(=O)NC(C(=O)O)C(C)O)cc1. The van der Waals surface area contributed by atoms with Gasteiger partial charge in [0.2, 0.25) is 5.91 Å². The first-order valence-electron chi connectivity index (χ1n) is 6.72. The molecular formula is C15H21NO4. The molecule has 5 nitrogen and oxygen atoms in total. The van der Waals surface area contributed by atoms with Gasteiger partial charge in [0.15, 0.2) is 6.04 Å². The number of aliphatic hydroxyl groups excluding tert-OH is 1. The number of aliphatic carboxylic acids is 1. The Kier molecular flexibility index (Phi) is 6.18. The van der Waals surface area contributed by atoms with E-state index in [1.807, 2.05) is 24.3 Å². The molecule has 20 heavy (non-hydrogen) atoms. The molecule has 2 atom stereocenters. The number of aryl methyl sites for hydroxylation is 2. The number of carboxylic acid groups (broad SMARTS) is 1. The van der Waals surface area contributed by atoms with Gasteiger partial charge in [0.25, 0.3) is 0 Å². The lowest BCUT2D eigenvalue weighted by molar-refractivity contribution is -0.144. The monoisotopic (exact) mass is 279 g/mol. The number of rotatable bonds is 7. The van der Waals surface area contributed by atoms with Gasteiger partial charge in [0.1, 0.15) is 0 Å². The summed E-state index contributed by atoms with van der Waals surface area (Å²) >= 11 is 0. The molecular weight excluding hydrogens is 258 g/mol. The van der Waals surface area contributed by atoms with E-state index in [0.717, 1.165) is 12.0 Å². The van der Waals surface area contributed by atoms with Crippen LogP contribution in [0.4, 0.5) is 0 Å². The van der Waals surface area contributed by atoms with Gasteiger partial charge in [-0.2, -0.15) is 0 Å². The van der Waals surface area contributed by atoms with Crippen LogP contribution in [0, 0.1) is 0 Å². The number of aliphatic hydroxyl groups is 1. The summed E-state index contributed by atoms with van der Waals surface area (Å²) in [6, 6.07) is 6.71. The van der Waals surface area contributed by atoms with Gasteiger partial charge in [-0.25, -0.2) is 4.79 Å². The molecule has 5 heteroatoms. The van der Waals surface area contributed by atoms with Crippen molar-refractivity contribution in [2.45, 2.75) is 45.3 Å². The van der Waals surface area contributed by atoms with Crippen molar-refractivity contribution in [2.24, 2.45) is 0 Å². The minimum Gasteiger partial charge on any atom is -0.480 e. The minimum atomic E-state index is -1.26. The largest absolute Gasteiger partial charge is 0.480 e. The van der Waals surface area contributed by atoms with Crippen LogP contribution in [0.25, 0.3) is 0 Å². The van der Waals surface area contributed by atoms with E-state index in [4.69, 9.17) is 5.11 Å². The first-order valence-corrected chi connectivity index (χ1v) is 6.72. The van der Waals surface area contributed by atoms with E-state index < -0.39 is 18.1 Å². The fourth-order valence-electron chi connectivity index (χ4n) is 1.83. The Morgan fingerprint density at radius 2 is 1.75 bits per heavy atom. The lowest BCUT2D eigenvalue weighted by Crippen LogP contribution is -2.47. The highest BCUT2D eigenvalue weighted by Crippen LogP contribution is 2.07. The number of carbonyl (C=O) groups is 2. The molecule has 0 aliphatic rings. The van der Waals surface area contributed by atoms with Crippen molar-refractivity contribution >= 4 is 11.9 Å². The highest BCUT2D eigenvalue weighted by Gasteiger charge is 2.24. The van der Waals surface area contributed by atoms with Gasteiger partial charge in [-0.15, -0.1) is 0 Å². The quantitative estimate of drug-likeness (QED) is 0.698. The molecule has 0 aliphatic heterocycles. The fraction of sp³-hybridized carbons (Fsp3) is 0.467. The number of nitrogens with one attached hydrogen (secondary N) is 1. The Hall–Kier alpha value is -1.88. The second kappa shape index (κ2) is 7.65. The average molecular weight is 279 g/mol. The van der Waals surface area contributed by atoms with Gasteiger partial charge in [-0.1, -0.05) is 31.2 Å². The lowest BCUT2D eigenvalue weighted by Gasteiger charge is -2.16. The summed E-state index contributed by atoms with van der Waals surface area (Å²) in [4.78, 5) is 22.5. The minimum absolute atomic E-state index is 0.196. The number of hydrogen-bond donors (Lipinski definition) is 3. The Morgan fingerprint density at radius 3 is 2.20 bits per heavy atom.